The van der Waals surface area contributed by atoms with Crippen LogP contribution in [0.1, 0.15) is 34.3 Å². The summed E-state index contributed by atoms with van der Waals surface area (Å²) < 4.78 is 45.9. The molecule has 1 fully saturated rings. The summed E-state index contributed by atoms with van der Waals surface area (Å²) in [5, 5.41) is 8.94. The fourth-order valence-electron chi connectivity index (χ4n) is 3.17. The van der Waals surface area contributed by atoms with Crippen LogP contribution in [0.15, 0.2) is 35.2 Å². The molecule has 138 valence electrons. The fourth-order valence-corrected chi connectivity index (χ4v) is 5.03. The van der Waals surface area contributed by atoms with Gasteiger partial charge in [0.1, 0.15) is 22.2 Å². The summed E-state index contributed by atoms with van der Waals surface area (Å²) in [6, 6.07) is 8.26. The summed E-state index contributed by atoms with van der Waals surface area (Å²) in [6.07, 6.45) is 1.84. The number of halogens is 1. The molecule has 0 N–H and O–H groups in total. The topological polar surface area (TPSA) is 87.5 Å². The SMILES string of the molecule is Cc1c(Oc2cc(F)cc(C#N)c2)ccc2c1S(=O)(=O)N(CC1CC1)C2=O. The standard InChI is InChI=1S/C19H15FN2O4S/c1-11-17(26-15-7-13(9-21)6-14(20)8-15)5-4-16-18(11)27(24,25)22(19(16)23)10-12-2-3-12/h4-8,12H,2-3,10H2,1H3. The zero-order valence-corrected chi connectivity index (χ0v) is 15.2. The molecule has 6 nitrogen and oxygen atoms in total. The quantitative estimate of drug-likeness (QED) is 0.804. The van der Waals surface area contributed by atoms with E-state index in [9.17, 15) is 17.6 Å². The Bertz CT molecular complexity index is 1120. The molecule has 0 aromatic heterocycles. The number of hydrogen-bond donors (Lipinski definition) is 0. The molecule has 1 heterocycles. The number of benzene rings is 2. The molecule has 0 unspecified atom stereocenters. The molecule has 8 heteroatoms. The molecule has 1 amide bonds. The highest BCUT2D eigenvalue weighted by molar-refractivity contribution is 7.90. The van der Waals surface area contributed by atoms with E-state index < -0.39 is 21.7 Å². The Kier molecular flexibility index (Phi) is 3.93. The zero-order valence-electron chi connectivity index (χ0n) is 14.4. The lowest BCUT2D eigenvalue weighted by Crippen LogP contribution is -2.32. The number of sulfonamides is 1. The van der Waals surface area contributed by atoms with Crippen LogP contribution in [0.2, 0.25) is 0 Å². The van der Waals surface area contributed by atoms with Crippen molar-refractivity contribution in [1.82, 2.24) is 4.31 Å². The van der Waals surface area contributed by atoms with Gasteiger partial charge < -0.3 is 4.74 Å². The largest absolute Gasteiger partial charge is 0.457 e. The molecule has 1 saturated carbocycles. The Balaban J connectivity index is 1.74. The molecule has 2 aliphatic rings. The molecule has 0 bridgehead atoms. The predicted octanol–water partition coefficient (Wildman–Crippen LogP) is 3.35. The third-order valence-electron chi connectivity index (χ3n) is 4.71. The molecule has 0 atom stereocenters. The van der Waals surface area contributed by atoms with Crippen LogP contribution < -0.4 is 4.74 Å². The minimum Gasteiger partial charge on any atom is -0.457 e. The molecule has 0 spiro atoms. The van der Waals surface area contributed by atoms with Crippen LogP contribution in [-0.2, 0) is 10.0 Å². The highest BCUT2D eigenvalue weighted by atomic mass is 32.2. The second-order valence-electron chi connectivity index (χ2n) is 6.74. The van der Waals surface area contributed by atoms with Crippen LogP contribution in [0.3, 0.4) is 0 Å². The van der Waals surface area contributed by atoms with Gasteiger partial charge in [-0.3, -0.25) is 4.79 Å². The first-order valence-corrected chi connectivity index (χ1v) is 9.84. The Morgan fingerprint density at radius 3 is 2.70 bits per heavy atom. The number of carbonyl (C=O) groups excluding carboxylic acids is 1. The molecule has 27 heavy (non-hydrogen) atoms. The second kappa shape index (κ2) is 6.06. The van der Waals surface area contributed by atoms with E-state index in [1.54, 1.807) is 6.92 Å². The van der Waals surface area contributed by atoms with Gasteiger partial charge in [-0.05, 0) is 49.9 Å². The smallest absolute Gasteiger partial charge is 0.269 e. The normalized spacial score (nSPS) is 17.5. The van der Waals surface area contributed by atoms with Gasteiger partial charge in [-0.15, -0.1) is 0 Å². The average molecular weight is 386 g/mol. The number of rotatable bonds is 4. The Morgan fingerprint density at radius 1 is 1.30 bits per heavy atom. The first kappa shape index (κ1) is 17.5. The Labute approximate surface area is 155 Å². The van der Waals surface area contributed by atoms with E-state index in [0.717, 1.165) is 29.3 Å². The van der Waals surface area contributed by atoms with Crippen LogP contribution in [0.25, 0.3) is 0 Å². The summed E-state index contributed by atoms with van der Waals surface area (Å²) in [6.45, 7) is 1.74. The molecular weight excluding hydrogens is 371 g/mol. The summed E-state index contributed by atoms with van der Waals surface area (Å²) in [5.74, 6) is -0.671. The van der Waals surface area contributed by atoms with Crippen molar-refractivity contribution < 1.29 is 22.3 Å². The number of fused-ring (bicyclic) bond motifs is 1. The van der Waals surface area contributed by atoms with Crippen LogP contribution in [0.4, 0.5) is 4.39 Å². The van der Waals surface area contributed by atoms with Crippen molar-refractivity contribution >= 4 is 15.9 Å². The minimum atomic E-state index is -3.94. The Hall–Kier alpha value is -2.92. The van der Waals surface area contributed by atoms with Crippen molar-refractivity contribution in [3.05, 3.63) is 52.8 Å². The fraction of sp³-hybridized carbons (Fsp3) is 0.263. The van der Waals surface area contributed by atoms with E-state index in [1.165, 1.54) is 18.2 Å². The van der Waals surface area contributed by atoms with E-state index in [2.05, 4.69) is 0 Å². The van der Waals surface area contributed by atoms with E-state index in [-0.39, 0.29) is 45.5 Å². The van der Waals surface area contributed by atoms with Crippen molar-refractivity contribution in [3.8, 4) is 17.6 Å². The van der Waals surface area contributed by atoms with Crippen molar-refractivity contribution in [2.45, 2.75) is 24.7 Å². The van der Waals surface area contributed by atoms with E-state index in [1.807, 2.05) is 6.07 Å². The third kappa shape index (κ3) is 2.94. The van der Waals surface area contributed by atoms with Crippen molar-refractivity contribution in [2.24, 2.45) is 5.92 Å². The van der Waals surface area contributed by atoms with Gasteiger partial charge in [0.2, 0.25) is 0 Å². The number of nitrogens with zero attached hydrogens (tertiary/aromatic N) is 2. The van der Waals surface area contributed by atoms with E-state index in [0.29, 0.717) is 0 Å². The lowest BCUT2D eigenvalue weighted by atomic mass is 10.1. The first-order chi connectivity index (χ1) is 12.8. The molecule has 1 aliphatic heterocycles. The number of ether oxygens (including phenoxy) is 1. The summed E-state index contributed by atoms with van der Waals surface area (Å²) in [5.41, 5.74) is 0.488. The summed E-state index contributed by atoms with van der Waals surface area (Å²) >= 11 is 0. The number of amides is 1. The van der Waals surface area contributed by atoms with Crippen molar-refractivity contribution in [2.75, 3.05) is 6.54 Å². The highest BCUT2D eigenvalue weighted by Gasteiger charge is 2.45. The van der Waals surface area contributed by atoms with Gasteiger partial charge in [-0.2, -0.15) is 5.26 Å². The van der Waals surface area contributed by atoms with Gasteiger partial charge >= 0.3 is 0 Å². The maximum atomic E-state index is 13.6. The third-order valence-corrected chi connectivity index (χ3v) is 6.65. The van der Waals surface area contributed by atoms with Gasteiger partial charge in [0.15, 0.2) is 0 Å². The second-order valence-corrected chi connectivity index (χ2v) is 8.54. The number of hydrogen-bond acceptors (Lipinski definition) is 5. The summed E-state index contributed by atoms with van der Waals surface area (Å²) in [4.78, 5) is 12.5. The zero-order chi connectivity index (χ0) is 19.3. The number of carbonyl (C=O) groups is 1. The van der Waals surface area contributed by atoms with Crippen LogP contribution >= 0.6 is 0 Å². The molecule has 2 aromatic rings. The molecular formula is C19H15FN2O4S. The Morgan fingerprint density at radius 2 is 2.04 bits per heavy atom. The van der Waals surface area contributed by atoms with Gasteiger partial charge in [0.05, 0.1) is 17.2 Å². The average Bonchev–Trinajstić information content (AvgIpc) is 3.40. The first-order valence-electron chi connectivity index (χ1n) is 8.40. The number of nitriles is 1. The molecule has 0 saturated heterocycles. The van der Waals surface area contributed by atoms with Crippen molar-refractivity contribution in [1.29, 1.82) is 5.26 Å². The van der Waals surface area contributed by atoms with Crippen LogP contribution in [0.5, 0.6) is 11.5 Å². The van der Waals surface area contributed by atoms with Gasteiger partial charge in [0, 0.05) is 18.2 Å². The van der Waals surface area contributed by atoms with Gasteiger partial charge in [-0.25, -0.2) is 17.1 Å². The molecule has 2 aromatic carbocycles. The monoisotopic (exact) mass is 386 g/mol. The van der Waals surface area contributed by atoms with Gasteiger partial charge in [-0.1, -0.05) is 0 Å². The van der Waals surface area contributed by atoms with Crippen molar-refractivity contribution in [3.63, 3.8) is 0 Å². The van der Waals surface area contributed by atoms with E-state index in [4.69, 9.17) is 10.00 Å². The lowest BCUT2D eigenvalue weighted by molar-refractivity contribution is 0.0867. The van der Waals surface area contributed by atoms with Gasteiger partial charge in [0.25, 0.3) is 15.9 Å². The molecule has 0 radical (unpaired) electrons. The van der Waals surface area contributed by atoms with E-state index >= 15 is 0 Å². The highest BCUT2D eigenvalue weighted by Crippen LogP contribution is 2.41. The van der Waals surface area contributed by atoms with Crippen LogP contribution in [-0.4, -0.2) is 25.2 Å². The summed E-state index contributed by atoms with van der Waals surface area (Å²) in [7, 11) is -3.94. The maximum absolute atomic E-state index is 13.6. The minimum absolute atomic E-state index is 0.0671. The van der Waals surface area contributed by atoms with Crippen LogP contribution in [0, 0.1) is 30.0 Å². The molecule has 1 aliphatic carbocycles. The predicted molar refractivity (Wildman–Crippen MR) is 93.3 cm³/mol. The molecule has 4 rings (SSSR count). The maximum Gasteiger partial charge on any atom is 0.269 e. The lowest BCUT2D eigenvalue weighted by Gasteiger charge is -2.15.